The zero-order valence-electron chi connectivity index (χ0n) is 12.8. The summed E-state index contributed by atoms with van der Waals surface area (Å²) in [6, 6.07) is 5.56. The molecule has 0 bridgehead atoms. The van der Waals surface area contributed by atoms with E-state index in [-0.39, 0.29) is 6.03 Å². The molecule has 1 N–H and O–H groups in total. The maximum atomic E-state index is 12.0. The van der Waals surface area contributed by atoms with E-state index in [1.54, 1.807) is 6.07 Å². The molecule has 1 heterocycles. The van der Waals surface area contributed by atoms with Crippen molar-refractivity contribution in [1.29, 1.82) is 0 Å². The summed E-state index contributed by atoms with van der Waals surface area (Å²) in [6.45, 7) is 5.09. The van der Waals surface area contributed by atoms with Crippen LogP contribution >= 0.6 is 27.5 Å². The first-order chi connectivity index (χ1) is 10.6. The fourth-order valence-corrected chi connectivity index (χ4v) is 3.09. The number of nitrogens with one attached hydrogen (secondary N) is 1. The Labute approximate surface area is 145 Å². The molecule has 0 aliphatic carbocycles. The molecule has 0 saturated carbocycles. The minimum Gasteiger partial charge on any atom is -0.492 e. The van der Waals surface area contributed by atoms with Crippen LogP contribution in [0.25, 0.3) is 0 Å². The fourth-order valence-electron chi connectivity index (χ4n) is 2.37. The molecular formula is C16H22BrClN2O2. The Bertz CT molecular complexity index is 505. The molecule has 0 atom stereocenters. The van der Waals surface area contributed by atoms with Crippen LogP contribution in [0.5, 0.6) is 5.75 Å². The van der Waals surface area contributed by atoms with Gasteiger partial charge in [-0.15, -0.1) is 0 Å². The quantitative estimate of drug-likeness (QED) is 0.762. The molecule has 2 amide bonds. The number of rotatable bonds is 5. The van der Waals surface area contributed by atoms with Crippen LogP contribution < -0.4 is 10.1 Å². The van der Waals surface area contributed by atoms with Gasteiger partial charge in [-0.25, -0.2) is 4.79 Å². The number of amides is 2. The van der Waals surface area contributed by atoms with Gasteiger partial charge in [-0.2, -0.15) is 0 Å². The first-order valence-corrected chi connectivity index (χ1v) is 8.84. The van der Waals surface area contributed by atoms with Crippen LogP contribution in [0.1, 0.15) is 26.2 Å². The summed E-state index contributed by atoms with van der Waals surface area (Å²) in [6.07, 6.45) is 2.94. The van der Waals surface area contributed by atoms with Crippen molar-refractivity contribution in [1.82, 2.24) is 10.2 Å². The predicted octanol–water partition coefficient (Wildman–Crippen LogP) is 4.31. The summed E-state index contributed by atoms with van der Waals surface area (Å²) in [5.41, 5.74) is 0. The molecule has 0 unspecified atom stereocenters. The molecule has 1 aromatic carbocycles. The highest BCUT2D eigenvalue weighted by Crippen LogP contribution is 2.27. The smallest absolute Gasteiger partial charge is 0.317 e. The van der Waals surface area contributed by atoms with Crippen LogP contribution in [-0.2, 0) is 0 Å². The molecule has 1 saturated heterocycles. The van der Waals surface area contributed by atoms with Crippen LogP contribution in [0, 0.1) is 5.92 Å². The fraction of sp³-hybridized carbons (Fsp3) is 0.562. The van der Waals surface area contributed by atoms with Crippen LogP contribution in [0.4, 0.5) is 4.79 Å². The first-order valence-electron chi connectivity index (χ1n) is 7.67. The molecule has 6 heteroatoms. The number of piperidine rings is 1. The van der Waals surface area contributed by atoms with E-state index in [9.17, 15) is 4.79 Å². The number of benzene rings is 1. The monoisotopic (exact) mass is 388 g/mol. The Morgan fingerprint density at radius 3 is 2.86 bits per heavy atom. The van der Waals surface area contributed by atoms with Gasteiger partial charge >= 0.3 is 6.03 Å². The van der Waals surface area contributed by atoms with Crippen LogP contribution in [0.2, 0.25) is 5.02 Å². The number of hydrogen-bond acceptors (Lipinski definition) is 2. The average molecular weight is 390 g/mol. The molecule has 0 aromatic heterocycles. The number of urea groups is 1. The van der Waals surface area contributed by atoms with Gasteiger partial charge in [0.2, 0.25) is 0 Å². The van der Waals surface area contributed by atoms with Crippen molar-refractivity contribution < 1.29 is 9.53 Å². The Hall–Kier alpha value is -0.940. The number of carbonyl (C=O) groups is 1. The van der Waals surface area contributed by atoms with Gasteiger partial charge < -0.3 is 15.0 Å². The molecule has 4 nitrogen and oxygen atoms in total. The largest absolute Gasteiger partial charge is 0.492 e. The zero-order valence-corrected chi connectivity index (χ0v) is 15.1. The number of carbonyl (C=O) groups excluding carboxylic acids is 1. The maximum absolute atomic E-state index is 12.0. The topological polar surface area (TPSA) is 41.6 Å². The van der Waals surface area contributed by atoms with Gasteiger partial charge in [-0.05, 0) is 43.4 Å². The van der Waals surface area contributed by atoms with Crippen molar-refractivity contribution in [3.63, 3.8) is 0 Å². The molecule has 1 aliphatic heterocycles. The minimum absolute atomic E-state index is 0.0357. The van der Waals surface area contributed by atoms with Crippen LogP contribution in [0.3, 0.4) is 0 Å². The maximum Gasteiger partial charge on any atom is 0.317 e. The number of ether oxygens (including phenoxy) is 1. The Kier molecular flexibility index (Phi) is 6.83. The molecule has 1 fully saturated rings. The van der Waals surface area contributed by atoms with E-state index in [4.69, 9.17) is 16.3 Å². The zero-order chi connectivity index (χ0) is 15.9. The second kappa shape index (κ2) is 8.63. The van der Waals surface area contributed by atoms with Gasteiger partial charge in [-0.1, -0.05) is 34.5 Å². The Morgan fingerprint density at radius 2 is 2.18 bits per heavy atom. The molecule has 122 valence electrons. The lowest BCUT2D eigenvalue weighted by atomic mass is 10.00. The van der Waals surface area contributed by atoms with Crippen LogP contribution in [0.15, 0.2) is 22.7 Å². The number of hydrogen-bond donors (Lipinski definition) is 1. The van der Waals surface area contributed by atoms with E-state index in [1.165, 1.54) is 0 Å². The van der Waals surface area contributed by atoms with E-state index in [2.05, 4.69) is 28.2 Å². The molecular weight excluding hydrogens is 368 g/mol. The van der Waals surface area contributed by atoms with Gasteiger partial charge in [0.05, 0.1) is 11.6 Å². The molecule has 22 heavy (non-hydrogen) atoms. The second-order valence-electron chi connectivity index (χ2n) is 5.68. The third-order valence-electron chi connectivity index (χ3n) is 3.82. The van der Waals surface area contributed by atoms with Crippen LogP contribution in [-0.4, -0.2) is 37.2 Å². The van der Waals surface area contributed by atoms with Gasteiger partial charge in [-0.3, -0.25) is 0 Å². The number of nitrogens with zero attached hydrogens (tertiary/aromatic N) is 1. The second-order valence-corrected chi connectivity index (χ2v) is 7.00. The molecule has 1 aliphatic rings. The predicted molar refractivity (Wildman–Crippen MR) is 92.6 cm³/mol. The minimum atomic E-state index is 0.0357. The summed E-state index contributed by atoms with van der Waals surface area (Å²) < 4.78 is 6.54. The highest BCUT2D eigenvalue weighted by atomic mass is 79.9. The third-order valence-corrected chi connectivity index (χ3v) is 4.61. The lowest BCUT2D eigenvalue weighted by molar-refractivity contribution is 0.173. The van der Waals surface area contributed by atoms with E-state index in [0.29, 0.717) is 23.9 Å². The van der Waals surface area contributed by atoms with Crippen molar-refractivity contribution in [3.8, 4) is 5.75 Å². The number of halogens is 2. The lowest BCUT2D eigenvalue weighted by Crippen LogP contribution is -2.44. The van der Waals surface area contributed by atoms with Crippen molar-refractivity contribution in [2.24, 2.45) is 5.92 Å². The van der Waals surface area contributed by atoms with E-state index < -0.39 is 0 Å². The summed E-state index contributed by atoms with van der Waals surface area (Å²) in [4.78, 5) is 13.9. The van der Waals surface area contributed by atoms with Gasteiger partial charge in [0.1, 0.15) is 5.75 Å². The van der Waals surface area contributed by atoms with E-state index in [1.807, 2.05) is 17.0 Å². The Morgan fingerprint density at radius 1 is 1.45 bits per heavy atom. The normalized spacial score (nSPS) is 15.7. The molecule has 1 aromatic rings. The van der Waals surface area contributed by atoms with Crippen molar-refractivity contribution >= 4 is 33.6 Å². The Balaban J connectivity index is 1.62. The standard InChI is InChI=1S/C16H22BrClN2O2/c1-12-5-8-20(9-6-12)16(21)19-7-2-10-22-15-4-3-13(17)11-14(15)18/h3-4,11-12H,2,5-10H2,1H3,(H,19,21). The highest BCUT2D eigenvalue weighted by Gasteiger charge is 2.19. The average Bonchev–Trinajstić information content (AvgIpc) is 2.49. The first kappa shape index (κ1) is 17.4. The molecule has 0 radical (unpaired) electrons. The van der Waals surface area contributed by atoms with E-state index in [0.717, 1.165) is 42.7 Å². The van der Waals surface area contributed by atoms with Gasteiger partial charge in [0.25, 0.3) is 0 Å². The van der Waals surface area contributed by atoms with Crippen molar-refractivity contribution in [3.05, 3.63) is 27.7 Å². The summed E-state index contributed by atoms with van der Waals surface area (Å²) in [5, 5.41) is 3.53. The summed E-state index contributed by atoms with van der Waals surface area (Å²) in [5.74, 6) is 1.40. The SMILES string of the molecule is CC1CCN(C(=O)NCCCOc2ccc(Br)cc2Cl)CC1. The van der Waals surface area contributed by atoms with E-state index >= 15 is 0 Å². The summed E-state index contributed by atoms with van der Waals surface area (Å²) >= 11 is 9.43. The highest BCUT2D eigenvalue weighted by molar-refractivity contribution is 9.10. The summed E-state index contributed by atoms with van der Waals surface area (Å²) in [7, 11) is 0. The molecule has 0 spiro atoms. The van der Waals surface area contributed by atoms with Gasteiger partial charge in [0.15, 0.2) is 0 Å². The van der Waals surface area contributed by atoms with Gasteiger partial charge in [0, 0.05) is 24.1 Å². The van der Waals surface area contributed by atoms with Crippen molar-refractivity contribution in [2.75, 3.05) is 26.2 Å². The number of likely N-dealkylation sites (tertiary alicyclic amines) is 1. The molecule has 2 rings (SSSR count). The lowest BCUT2D eigenvalue weighted by Gasteiger charge is -2.30. The third kappa shape index (κ3) is 5.36. The van der Waals surface area contributed by atoms with Crippen molar-refractivity contribution in [2.45, 2.75) is 26.2 Å².